The molecule has 12 heavy (non-hydrogen) atoms. The van der Waals surface area contributed by atoms with Crippen molar-refractivity contribution in [2.45, 2.75) is 12.5 Å². The van der Waals surface area contributed by atoms with E-state index in [1.807, 2.05) is 0 Å². The van der Waals surface area contributed by atoms with Crippen molar-refractivity contribution < 1.29 is 9.53 Å². The quantitative estimate of drug-likeness (QED) is 0.428. The van der Waals surface area contributed by atoms with Gasteiger partial charge in [-0.1, -0.05) is 6.08 Å². The minimum atomic E-state index is -0.387. The van der Waals surface area contributed by atoms with Crippen LogP contribution in [0.5, 0.6) is 0 Å². The lowest BCUT2D eigenvalue weighted by Crippen LogP contribution is -2.46. The Morgan fingerprint density at radius 1 is 1.67 bits per heavy atom. The normalized spacial score (nSPS) is 18.0. The molecule has 0 aromatic carbocycles. The molecule has 0 unspecified atom stereocenters. The van der Waals surface area contributed by atoms with Gasteiger partial charge in [-0.15, -0.1) is 0 Å². The van der Waals surface area contributed by atoms with Gasteiger partial charge in [0.2, 0.25) is 5.91 Å². The van der Waals surface area contributed by atoms with Crippen LogP contribution in [-0.2, 0) is 9.53 Å². The van der Waals surface area contributed by atoms with E-state index < -0.39 is 0 Å². The van der Waals surface area contributed by atoms with Crippen LogP contribution in [0.4, 0.5) is 0 Å². The smallest absolute Gasteiger partial charge is 0.241 e. The first kappa shape index (κ1) is 9.22. The van der Waals surface area contributed by atoms with Gasteiger partial charge in [0.25, 0.3) is 0 Å². The summed E-state index contributed by atoms with van der Waals surface area (Å²) in [6.45, 7) is 2.48. The number of hydrogen-bond donors (Lipinski definition) is 2. The minimum absolute atomic E-state index is 0.387. The van der Waals surface area contributed by atoms with E-state index in [2.05, 4.69) is 5.32 Å². The molecular formula is C8H14N2O2. The topological polar surface area (TPSA) is 64.4 Å². The zero-order valence-electron chi connectivity index (χ0n) is 6.95. The van der Waals surface area contributed by atoms with Crippen molar-refractivity contribution in [3.63, 3.8) is 0 Å². The second-order valence-electron chi connectivity index (χ2n) is 2.78. The molecule has 0 radical (unpaired) electrons. The number of rotatable bonds is 5. The van der Waals surface area contributed by atoms with E-state index in [1.54, 1.807) is 6.08 Å². The van der Waals surface area contributed by atoms with E-state index >= 15 is 0 Å². The van der Waals surface area contributed by atoms with Gasteiger partial charge in [0.15, 0.2) is 0 Å². The lowest BCUT2D eigenvalue weighted by molar-refractivity contribution is -0.113. The third-order valence-electron chi connectivity index (χ3n) is 1.66. The van der Waals surface area contributed by atoms with Gasteiger partial charge in [0, 0.05) is 0 Å². The molecule has 1 aliphatic heterocycles. The summed E-state index contributed by atoms with van der Waals surface area (Å²) in [5.74, 6) is -0.387. The van der Waals surface area contributed by atoms with Gasteiger partial charge in [0.05, 0.1) is 19.3 Å². The molecule has 3 N–H and O–H groups in total. The van der Waals surface area contributed by atoms with Crippen LogP contribution < -0.4 is 11.1 Å². The van der Waals surface area contributed by atoms with E-state index in [0.29, 0.717) is 6.04 Å². The zero-order valence-corrected chi connectivity index (χ0v) is 6.95. The minimum Gasteiger partial charge on any atom is -0.378 e. The predicted molar refractivity (Wildman–Crippen MR) is 45.6 cm³/mol. The number of ether oxygens (including phenoxy) is 1. The Bertz CT molecular complexity index is 176. The van der Waals surface area contributed by atoms with E-state index in [4.69, 9.17) is 10.5 Å². The van der Waals surface area contributed by atoms with Gasteiger partial charge in [0.1, 0.15) is 0 Å². The van der Waals surface area contributed by atoms with Gasteiger partial charge in [-0.3, -0.25) is 4.79 Å². The predicted octanol–water partition coefficient (Wildman–Crippen LogP) is -0.594. The molecule has 0 spiro atoms. The van der Waals surface area contributed by atoms with Gasteiger partial charge in [-0.05, 0) is 19.0 Å². The molecule has 0 bridgehead atoms. The molecule has 0 aromatic rings. The molecule has 1 fully saturated rings. The molecule has 0 aromatic heterocycles. The van der Waals surface area contributed by atoms with Gasteiger partial charge in [-0.25, -0.2) is 0 Å². The molecule has 1 heterocycles. The van der Waals surface area contributed by atoms with Crippen LogP contribution >= 0.6 is 0 Å². The van der Waals surface area contributed by atoms with Crippen molar-refractivity contribution >= 4 is 5.91 Å². The lowest BCUT2D eigenvalue weighted by Gasteiger charge is -2.26. The summed E-state index contributed by atoms with van der Waals surface area (Å²) in [5, 5.41) is 3.26. The molecule has 0 atom stereocenters. The highest BCUT2D eigenvalue weighted by molar-refractivity contribution is 5.85. The Hall–Kier alpha value is -0.870. The summed E-state index contributed by atoms with van der Waals surface area (Å²) < 4.78 is 4.98. The van der Waals surface area contributed by atoms with E-state index in [0.717, 1.165) is 26.2 Å². The lowest BCUT2D eigenvalue weighted by atomic mass is 10.2. The number of amides is 1. The highest BCUT2D eigenvalue weighted by Gasteiger charge is 2.15. The summed E-state index contributed by atoms with van der Waals surface area (Å²) in [7, 11) is 0. The fraction of sp³-hybridized carbons (Fsp3) is 0.625. The maximum Gasteiger partial charge on any atom is 0.241 e. The summed E-state index contributed by atoms with van der Waals surface area (Å²) in [5.41, 5.74) is 4.91. The molecule has 0 aliphatic carbocycles. The fourth-order valence-corrected chi connectivity index (χ4v) is 0.924. The number of hydrogen-bond acceptors (Lipinski definition) is 3. The molecular weight excluding hydrogens is 156 g/mol. The second-order valence-corrected chi connectivity index (χ2v) is 2.78. The zero-order chi connectivity index (χ0) is 8.81. The Labute approximate surface area is 71.8 Å². The number of carbonyl (C=O) groups excluding carboxylic acids is 1. The molecule has 1 amide bonds. The first-order valence-corrected chi connectivity index (χ1v) is 4.06. The van der Waals surface area contributed by atoms with Gasteiger partial charge >= 0.3 is 0 Å². The average molecular weight is 170 g/mol. The first-order valence-electron chi connectivity index (χ1n) is 4.06. The largest absolute Gasteiger partial charge is 0.378 e. The first-order chi connectivity index (χ1) is 5.79. The van der Waals surface area contributed by atoms with E-state index in [-0.39, 0.29) is 5.91 Å². The number of nitrogens with one attached hydrogen (secondary N) is 1. The Morgan fingerprint density at radius 2 is 2.42 bits per heavy atom. The van der Waals surface area contributed by atoms with Crippen molar-refractivity contribution in [3.8, 4) is 0 Å². The van der Waals surface area contributed by atoms with Crippen molar-refractivity contribution in [1.82, 2.24) is 5.32 Å². The summed E-state index contributed by atoms with van der Waals surface area (Å²) in [6.07, 6.45) is 3.99. The maximum atomic E-state index is 10.3. The van der Waals surface area contributed by atoms with E-state index in [9.17, 15) is 4.79 Å². The molecule has 68 valence electrons. The Balaban J connectivity index is 1.91. The van der Waals surface area contributed by atoms with Crippen LogP contribution in [0.15, 0.2) is 12.2 Å². The van der Waals surface area contributed by atoms with Crippen molar-refractivity contribution in [3.05, 3.63) is 12.2 Å². The molecule has 1 aliphatic rings. The summed E-state index contributed by atoms with van der Waals surface area (Å²) in [4.78, 5) is 10.3. The van der Waals surface area contributed by atoms with Gasteiger partial charge < -0.3 is 15.8 Å². The van der Waals surface area contributed by atoms with Crippen LogP contribution in [0, 0.1) is 0 Å². The summed E-state index contributed by atoms with van der Waals surface area (Å²) in [6, 6.07) is 0.506. The van der Waals surface area contributed by atoms with Crippen LogP contribution in [0.25, 0.3) is 0 Å². The molecule has 1 rings (SSSR count). The van der Waals surface area contributed by atoms with Crippen LogP contribution in [0.2, 0.25) is 0 Å². The third-order valence-corrected chi connectivity index (χ3v) is 1.66. The highest BCUT2D eigenvalue weighted by Crippen LogP contribution is 1.98. The van der Waals surface area contributed by atoms with Crippen molar-refractivity contribution in [2.75, 3.05) is 19.8 Å². The molecule has 1 saturated heterocycles. The van der Waals surface area contributed by atoms with Crippen LogP contribution in [0.3, 0.4) is 0 Å². The van der Waals surface area contributed by atoms with Crippen LogP contribution in [-0.4, -0.2) is 31.7 Å². The SMILES string of the molecule is NC(=O)C=CCCNC1COC1. The average Bonchev–Trinajstić information content (AvgIpc) is 1.92. The highest BCUT2D eigenvalue weighted by atomic mass is 16.5. The molecule has 0 saturated carbocycles. The maximum absolute atomic E-state index is 10.3. The summed E-state index contributed by atoms with van der Waals surface area (Å²) >= 11 is 0. The van der Waals surface area contributed by atoms with Gasteiger partial charge in [-0.2, -0.15) is 0 Å². The molecule has 4 heteroatoms. The third kappa shape index (κ3) is 3.50. The van der Waals surface area contributed by atoms with Crippen LogP contribution in [0.1, 0.15) is 6.42 Å². The number of carbonyl (C=O) groups is 1. The van der Waals surface area contributed by atoms with Crippen molar-refractivity contribution in [2.24, 2.45) is 5.73 Å². The second kappa shape index (κ2) is 4.90. The monoisotopic (exact) mass is 170 g/mol. The standard InChI is InChI=1S/C8H14N2O2/c9-8(11)3-1-2-4-10-7-5-12-6-7/h1,3,7,10H,2,4-6H2,(H2,9,11). The Kier molecular flexibility index (Phi) is 3.76. The fourth-order valence-electron chi connectivity index (χ4n) is 0.924. The number of nitrogens with two attached hydrogens (primary N) is 1. The number of primary amides is 1. The molecule has 4 nitrogen and oxygen atoms in total. The Morgan fingerprint density at radius 3 is 2.92 bits per heavy atom. The van der Waals surface area contributed by atoms with Crippen molar-refractivity contribution in [1.29, 1.82) is 0 Å². The van der Waals surface area contributed by atoms with E-state index in [1.165, 1.54) is 6.08 Å².